The van der Waals surface area contributed by atoms with Gasteiger partial charge in [0.2, 0.25) is 0 Å². The van der Waals surface area contributed by atoms with Gasteiger partial charge >= 0.3 is 0 Å². The predicted molar refractivity (Wildman–Crippen MR) is 170 cm³/mol. The maximum atomic E-state index is 13.2. The second-order valence-corrected chi connectivity index (χ2v) is 10.6. The highest BCUT2D eigenvalue weighted by Crippen LogP contribution is 2.27. The Balaban J connectivity index is 1.11. The van der Waals surface area contributed by atoms with E-state index in [1.807, 2.05) is 42.5 Å². The van der Waals surface area contributed by atoms with E-state index >= 15 is 0 Å². The molecule has 0 spiro atoms. The van der Waals surface area contributed by atoms with Gasteiger partial charge in [0.25, 0.3) is 5.91 Å². The van der Waals surface area contributed by atoms with E-state index in [4.69, 9.17) is 9.47 Å². The van der Waals surface area contributed by atoms with Gasteiger partial charge < -0.3 is 24.7 Å². The Morgan fingerprint density at radius 3 is 2.31 bits per heavy atom. The van der Waals surface area contributed by atoms with Gasteiger partial charge in [-0.3, -0.25) is 9.59 Å². The van der Waals surface area contributed by atoms with Crippen LogP contribution in [-0.2, 0) is 12.8 Å². The Kier molecular flexibility index (Phi) is 9.19. The topological polar surface area (TPSA) is 83.7 Å². The fraction of sp³-hybridized carbons (Fsp3) is 0.257. The van der Waals surface area contributed by atoms with Crippen LogP contribution in [0.3, 0.4) is 0 Å². The van der Waals surface area contributed by atoms with Crippen LogP contribution in [0.5, 0.6) is 11.5 Å². The quantitative estimate of drug-likeness (QED) is 0.135. The van der Waals surface area contributed by atoms with Crippen LogP contribution < -0.4 is 20.2 Å². The number of fused-ring (bicyclic) bond motifs is 2. The first-order valence-corrected chi connectivity index (χ1v) is 14.3. The van der Waals surface area contributed by atoms with Crippen molar-refractivity contribution in [2.24, 2.45) is 0 Å². The highest BCUT2D eigenvalue weighted by Gasteiger charge is 2.14. The molecule has 0 saturated carbocycles. The number of rotatable bonds is 12. The number of methoxy groups -OCH3 is 2. The molecule has 0 fully saturated rings. The van der Waals surface area contributed by atoms with E-state index in [9.17, 15) is 9.59 Å². The smallest absolute Gasteiger partial charge is 0.257 e. The molecule has 0 radical (unpaired) electrons. The van der Waals surface area contributed by atoms with Gasteiger partial charge in [0.15, 0.2) is 16.9 Å². The summed E-state index contributed by atoms with van der Waals surface area (Å²) in [6, 6.07) is 26.7. The number of aromatic nitrogens is 1. The summed E-state index contributed by atoms with van der Waals surface area (Å²) in [5.74, 6) is 1.26. The number of H-pyrrole nitrogens is 1. The largest absolute Gasteiger partial charge is 0.493 e. The molecular weight excluding hydrogens is 526 g/mol. The van der Waals surface area contributed by atoms with E-state index in [0.29, 0.717) is 27.4 Å². The van der Waals surface area contributed by atoms with E-state index < -0.39 is 0 Å². The second kappa shape index (κ2) is 13.4. The Bertz CT molecular complexity index is 1740. The number of carbonyl (C=O) groups excluding carboxylic acids is 1. The van der Waals surface area contributed by atoms with Crippen molar-refractivity contribution in [1.29, 1.82) is 0 Å². The molecule has 7 nitrogen and oxygen atoms in total. The van der Waals surface area contributed by atoms with Gasteiger partial charge in [-0.1, -0.05) is 36.4 Å². The molecule has 1 amide bonds. The average molecular weight is 564 g/mol. The number of unbranched alkanes of at least 4 members (excludes halogenated alkanes) is 1. The summed E-state index contributed by atoms with van der Waals surface area (Å²) in [6.07, 6.45) is 4.13. The number of hydrogen-bond acceptors (Lipinski definition) is 5. The SMILES string of the molecule is COc1ccc(CCN(C)CCCCc2ccc(NC(=O)c3cccc4c(=O)c5ccccc5[nH]c34)cc2)cc1OC. The molecule has 5 rings (SSSR count). The number of aryl methyl sites for hydroxylation is 1. The maximum absolute atomic E-state index is 13.2. The van der Waals surface area contributed by atoms with Crippen LogP contribution in [0, 0.1) is 0 Å². The monoisotopic (exact) mass is 563 g/mol. The van der Waals surface area contributed by atoms with E-state index in [2.05, 4.69) is 40.4 Å². The van der Waals surface area contributed by atoms with Gasteiger partial charge in [0, 0.05) is 28.5 Å². The Hall–Kier alpha value is -4.62. The molecule has 216 valence electrons. The van der Waals surface area contributed by atoms with Crippen molar-refractivity contribution in [3.05, 3.63) is 112 Å². The van der Waals surface area contributed by atoms with Gasteiger partial charge in [-0.25, -0.2) is 0 Å². The molecule has 0 aliphatic carbocycles. The van der Waals surface area contributed by atoms with Gasteiger partial charge in [0.05, 0.1) is 25.3 Å². The van der Waals surface area contributed by atoms with E-state index in [-0.39, 0.29) is 11.3 Å². The first-order valence-electron chi connectivity index (χ1n) is 14.3. The summed E-state index contributed by atoms with van der Waals surface area (Å²) in [7, 11) is 5.47. The number of amides is 1. The number of pyridine rings is 1. The van der Waals surface area contributed by atoms with Crippen molar-refractivity contribution in [2.75, 3.05) is 39.7 Å². The van der Waals surface area contributed by atoms with E-state index in [1.54, 1.807) is 38.5 Å². The molecule has 0 bridgehead atoms. The normalized spacial score (nSPS) is 11.2. The summed E-state index contributed by atoms with van der Waals surface area (Å²) in [5.41, 5.74) is 4.81. The minimum absolute atomic E-state index is 0.0811. The van der Waals surface area contributed by atoms with Crippen LogP contribution >= 0.6 is 0 Å². The number of ether oxygens (including phenoxy) is 2. The third-order valence-electron chi connectivity index (χ3n) is 7.68. The van der Waals surface area contributed by atoms with Crippen LogP contribution in [0.4, 0.5) is 5.69 Å². The molecule has 5 aromatic rings. The lowest BCUT2D eigenvalue weighted by molar-refractivity contribution is 0.102. The first kappa shape index (κ1) is 28.9. The lowest BCUT2D eigenvalue weighted by Crippen LogP contribution is -2.22. The summed E-state index contributed by atoms with van der Waals surface area (Å²) in [6.45, 7) is 2.01. The number of anilines is 1. The third kappa shape index (κ3) is 6.64. The number of likely N-dealkylation sites (N-methyl/N-ethyl adjacent to an activating group) is 1. The number of nitrogens with one attached hydrogen (secondary N) is 2. The molecule has 1 aromatic heterocycles. The summed E-state index contributed by atoms with van der Waals surface area (Å²) in [5, 5.41) is 4.10. The molecule has 0 aliphatic rings. The third-order valence-corrected chi connectivity index (χ3v) is 7.68. The Labute approximate surface area is 246 Å². The fourth-order valence-electron chi connectivity index (χ4n) is 5.27. The molecule has 1 heterocycles. The molecule has 0 saturated heterocycles. The molecule has 42 heavy (non-hydrogen) atoms. The minimum Gasteiger partial charge on any atom is -0.493 e. The molecule has 7 heteroatoms. The zero-order chi connectivity index (χ0) is 29.5. The van der Waals surface area contributed by atoms with Crippen LogP contribution in [0.2, 0.25) is 0 Å². The van der Waals surface area contributed by atoms with Crippen molar-refractivity contribution in [3.63, 3.8) is 0 Å². The van der Waals surface area contributed by atoms with Gasteiger partial charge in [0.1, 0.15) is 0 Å². The highest BCUT2D eigenvalue weighted by atomic mass is 16.5. The van der Waals surface area contributed by atoms with Crippen LogP contribution in [0.25, 0.3) is 21.8 Å². The maximum Gasteiger partial charge on any atom is 0.257 e. The summed E-state index contributed by atoms with van der Waals surface area (Å²) in [4.78, 5) is 31.8. The van der Waals surface area contributed by atoms with Crippen molar-refractivity contribution < 1.29 is 14.3 Å². The van der Waals surface area contributed by atoms with Crippen molar-refractivity contribution in [3.8, 4) is 11.5 Å². The summed E-state index contributed by atoms with van der Waals surface area (Å²) < 4.78 is 10.7. The number of nitrogens with zero attached hydrogens (tertiary/aromatic N) is 1. The van der Waals surface area contributed by atoms with Gasteiger partial charge in [-0.05, 0) is 98.9 Å². The standard InChI is InChI=1S/C35H37N3O4/c1-38(22-20-25-16-19-31(41-2)32(23-25)42-3)21-7-6-9-24-14-17-26(18-15-24)36-35(40)29-12-8-11-28-33(29)37-30-13-5-4-10-27(30)34(28)39/h4-5,8,10-19,23H,6-7,9,20-22H2,1-3H3,(H,36,40)(H,37,39). The van der Waals surface area contributed by atoms with Gasteiger partial charge in [-0.15, -0.1) is 0 Å². The fourth-order valence-corrected chi connectivity index (χ4v) is 5.27. The number of aromatic amines is 1. The minimum atomic E-state index is -0.254. The zero-order valence-electron chi connectivity index (χ0n) is 24.4. The molecule has 0 unspecified atom stereocenters. The van der Waals surface area contributed by atoms with Crippen LogP contribution in [-0.4, -0.2) is 50.1 Å². The molecule has 0 atom stereocenters. The average Bonchev–Trinajstić information content (AvgIpc) is 3.02. The van der Waals surface area contributed by atoms with Crippen molar-refractivity contribution in [2.45, 2.75) is 25.7 Å². The molecule has 4 aromatic carbocycles. The lowest BCUT2D eigenvalue weighted by atomic mass is 10.1. The highest BCUT2D eigenvalue weighted by molar-refractivity contribution is 6.13. The Morgan fingerprint density at radius 1 is 0.786 bits per heavy atom. The number of benzene rings is 4. The number of carbonyl (C=O) groups is 1. The predicted octanol–water partition coefficient (Wildman–Crippen LogP) is 6.45. The zero-order valence-corrected chi connectivity index (χ0v) is 24.4. The van der Waals surface area contributed by atoms with E-state index in [1.165, 1.54) is 11.1 Å². The molecular formula is C35H37N3O4. The Morgan fingerprint density at radius 2 is 1.52 bits per heavy atom. The molecule has 0 aliphatic heterocycles. The van der Waals surface area contributed by atoms with E-state index in [0.717, 1.165) is 56.0 Å². The van der Waals surface area contributed by atoms with Crippen LogP contribution in [0.1, 0.15) is 34.3 Å². The number of hydrogen-bond donors (Lipinski definition) is 2. The lowest BCUT2D eigenvalue weighted by Gasteiger charge is -2.17. The van der Waals surface area contributed by atoms with Gasteiger partial charge in [-0.2, -0.15) is 0 Å². The van der Waals surface area contributed by atoms with Crippen molar-refractivity contribution >= 4 is 33.4 Å². The second-order valence-electron chi connectivity index (χ2n) is 10.6. The summed E-state index contributed by atoms with van der Waals surface area (Å²) >= 11 is 0. The first-order chi connectivity index (χ1) is 20.5. The van der Waals surface area contributed by atoms with Crippen molar-refractivity contribution in [1.82, 2.24) is 9.88 Å². The molecule has 2 N–H and O–H groups in total. The number of para-hydroxylation sites is 2. The van der Waals surface area contributed by atoms with Crippen LogP contribution in [0.15, 0.2) is 89.7 Å².